The van der Waals surface area contributed by atoms with Gasteiger partial charge in [0.1, 0.15) is 0 Å². The minimum atomic E-state index is 0.834. The molecule has 0 saturated heterocycles. The van der Waals surface area contributed by atoms with Crippen molar-refractivity contribution in [3.8, 4) is 0 Å². The van der Waals surface area contributed by atoms with Crippen molar-refractivity contribution in [1.82, 2.24) is 5.32 Å². The molecular formula is C10H11Br2N3. The Balaban J connectivity index is 2.27. The second kappa shape index (κ2) is 4.53. The Morgan fingerprint density at radius 3 is 2.53 bits per heavy atom. The monoisotopic (exact) mass is 331 g/mol. The van der Waals surface area contributed by atoms with E-state index < -0.39 is 0 Å². The Kier molecular flexibility index (Phi) is 3.31. The molecule has 1 aliphatic rings. The number of benzene rings is 1. The van der Waals surface area contributed by atoms with Gasteiger partial charge < -0.3 is 10.6 Å². The van der Waals surface area contributed by atoms with Crippen LogP contribution in [-0.2, 0) is 0 Å². The Labute approximate surface area is 106 Å². The maximum atomic E-state index is 4.29. The van der Waals surface area contributed by atoms with Gasteiger partial charge in [-0.3, -0.25) is 4.99 Å². The van der Waals surface area contributed by atoms with Gasteiger partial charge in [-0.2, -0.15) is 0 Å². The topological polar surface area (TPSA) is 36.4 Å². The first-order valence-electron chi connectivity index (χ1n) is 4.68. The summed E-state index contributed by atoms with van der Waals surface area (Å²) in [5.41, 5.74) is 2.22. The van der Waals surface area contributed by atoms with Crippen molar-refractivity contribution in [2.75, 3.05) is 18.4 Å². The largest absolute Gasteiger partial charge is 0.354 e. The first-order valence-corrected chi connectivity index (χ1v) is 6.26. The number of nitrogens with zero attached hydrogens (tertiary/aromatic N) is 1. The molecule has 1 aromatic rings. The molecule has 0 bridgehead atoms. The molecule has 0 spiro atoms. The molecule has 0 aromatic heterocycles. The lowest BCUT2D eigenvalue weighted by molar-refractivity contribution is 0.959. The molecule has 80 valence electrons. The number of hydrogen-bond donors (Lipinski definition) is 2. The van der Waals surface area contributed by atoms with E-state index >= 15 is 0 Å². The molecule has 0 unspecified atom stereocenters. The molecule has 1 heterocycles. The third kappa shape index (κ3) is 2.52. The maximum Gasteiger partial charge on any atom is 0.195 e. The van der Waals surface area contributed by atoms with Gasteiger partial charge >= 0.3 is 0 Å². The van der Waals surface area contributed by atoms with Crippen LogP contribution in [0.4, 0.5) is 5.69 Å². The highest BCUT2D eigenvalue weighted by atomic mass is 79.9. The Bertz CT molecular complexity index is 392. The van der Waals surface area contributed by atoms with Crippen LogP contribution in [0.1, 0.15) is 5.56 Å². The van der Waals surface area contributed by atoms with Gasteiger partial charge in [0.2, 0.25) is 0 Å². The van der Waals surface area contributed by atoms with E-state index in [1.807, 2.05) is 0 Å². The van der Waals surface area contributed by atoms with Crippen molar-refractivity contribution >= 4 is 43.5 Å². The number of aliphatic imine (C=N–C) groups is 1. The summed E-state index contributed by atoms with van der Waals surface area (Å²) in [6, 6.07) is 4.14. The van der Waals surface area contributed by atoms with Crippen molar-refractivity contribution < 1.29 is 0 Å². The molecule has 1 aliphatic heterocycles. The molecular weight excluding hydrogens is 322 g/mol. The lowest BCUT2D eigenvalue weighted by Crippen LogP contribution is -2.26. The van der Waals surface area contributed by atoms with Crippen LogP contribution in [0.15, 0.2) is 26.1 Å². The molecule has 0 amide bonds. The first-order chi connectivity index (χ1) is 7.16. The van der Waals surface area contributed by atoms with Crippen molar-refractivity contribution in [3.05, 3.63) is 26.6 Å². The molecule has 0 fully saturated rings. The number of guanidine groups is 1. The van der Waals surface area contributed by atoms with E-state index in [0.29, 0.717) is 0 Å². The standard InChI is InChI=1S/C10H11Br2N3/c1-6-4-7(11)9(8(12)5-6)15-10-13-2-3-14-10/h4-5H,2-3H2,1H3,(H2,13,14,15). The molecule has 3 nitrogen and oxygen atoms in total. The summed E-state index contributed by atoms with van der Waals surface area (Å²) in [5, 5.41) is 6.42. The smallest absolute Gasteiger partial charge is 0.195 e. The van der Waals surface area contributed by atoms with Crippen LogP contribution in [0.5, 0.6) is 0 Å². The van der Waals surface area contributed by atoms with E-state index in [4.69, 9.17) is 0 Å². The fourth-order valence-corrected chi connectivity index (χ4v) is 3.03. The number of aryl methyl sites for hydroxylation is 1. The summed E-state index contributed by atoms with van der Waals surface area (Å²) in [7, 11) is 0. The van der Waals surface area contributed by atoms with Gasteiger partial charge in [0, 0.05) is 15.5 Å². The zero-order chi connectivity index (χ0) is 10.8. The summed E-state index contributed by atoms with van der Waals surface area (Å²) >= 11 is 7.06. The molecule has 0 atom stereocenters. The van der Waals surface area contributed by atoms with Crippen molar-refractivity contribution in [3.63, 3.8) is 0 Å². The van der Waals surface area contributed by atoms with Crippen LogP contribution in [-0.4, -0.2) is 19.0 Å². The highest BCUT2D eigenvalue weighted by Gasteiger charge is 2.10. The van der Waals surface area contributed by atoms with Gasteiger partial charge in [0.15, 0.2) is 5.96 Å². The zero-order valence-corrected chi connectivity index (χ0v) is 11.4. The van der Waals surface area contributed by atoms with Crippen molar-refractivity contribution in [1.29, 1.82) is 0 Å². The van der Waals surface area contributed by atoms with Gasteiger partial charge in [0.25, 0.3) is 0 Å². The van der Waals surface area contributed by atoms with Gasteiger partial charge in [-0.25, -0.2) is 0 Å². The number of halogens is 2. The highest BCUT2D eigenvalue weighted by Crippen LogP contribution is 2.32. The number of nitrogens with one attached hydrogen (secondary N) is 2. The predicted molar refractivity (Wildman–Crippen MR) is 70.5 cm³/mol. The number of rotatable bonds is 1. The van der Waals surface area contributed by atoms with Crippen molar-refractivity contribution in [2.45, 2.75) is 6.92 Å². The van der Waals surface area contributed by atoms with Crippen LogP contribution in [0.3, 0.4) is 0 Å². The van der Waals surface area contributed by atoms with Gasteiger partial charge in [-0.05, 0) is 56.5 Å². The van der Waals surface area contributed by atoms with E-state index in [-0.39, 0.29) is 0 Å². The zero-order valence-electron chi connectivity index (χ0n) is 8.27. The van der Waals surface area contributed by atoms with Crippen LogP contribution in [0.2, 0.25) is 0 Å². The number of hydrogen-bond acceptors (Lipinski definition) is 3. The van der Waals surface area contributed by atoms with E-state index in [9.17, 15) is 0 Å². The van der Waals surface area contributed by atoms with E-state index in [0.717, 1.165) is 33.7 Å². The van der Waals surface area contributed by atoms with Gasteiger partial charge in [0.05, 0.1) is 12.2 Å². The molecule has 0 saturated carbocycles. The lowest BCUT2D eigenvalue weighted by Gasteiger charge is -2.11. The fourth-order valence-electron chi connectivity index (χ4n) is 1.42. The van der Waals surface area contributed by atoms with Crippen LogP contribution in [0, 0.1) is 6.92 Å². The van der Waals surface area contributed by atoms with E-state index in [1.165, 1.54) is 5.56 Å². The highest BCUT2D eigenvalue weighted by molar-refractivity contribution is 9.11. The van der Waals surface area contributed by atoms with E-state index in [1.54, 1.807) is 0 Å². The summed E-state index contributed by atoms with van der Waals surface area (Å²) in [6.07, 6.45) is 0. The van der Waals surface area contributed by atoms with Gasteiger partial charge in [-0.15, -0.1) is 0 Å². The maximum absolute atomic E-state index is 4.29. The molecule has 0 aliphatic carbocycles. The second-order valence-corrected chi connectivity index (χ2v) is 5.09. The Morgan fingerprint density at radius 1 is 1.33 bits per heavy atom. The summed E-state index contributed by atoms with van der Waals surface area (Å²) in [4.78, 5) is 4.29. The molecule has 2 N–H and O–H groups in total. The van der Waals surface area contributed by atoms with Crippen LogP contribution >= 0.6 is 31.9 Å². The minimum absolute atomic E-state index is 0.834. The molecule has 15 heavy (non-hydrogen) atoms. The number of anilines is 1. The molecule has 0 radical (unpaired) electrons. The first kappa shape index (κ1) is 11.0. The lowest BCUT2D eigenvalue weighted by atomic mass is 10.2. The normalized spacial score (nSPS) is 14.7. The molecule has 2 rings (SSSR count). The summed E-state index contributed by atoms with van der Waals surface area (Å²) < 4.78 is 2.07. The van der Waals surface area contributed by atoms with Gasteiger partial charge in [-0.1, -0.05) is 0 Å². The van der Waals surface area contributed by atoms with Crippen LogP contribution in [0.25, 0.3) is 0 Å². The van der Waals surface area contributed by atoms with Crippen LogP contribution < -0.4 is 10.6 Å². The molecule has 5 heteroatoms. The summed E-state index contributed by atoms with van der Waals surface area (Å²) in [5.74, 6) is 0.834. The Hall–Kier alpha value is -0.550. The van der Waals surface area contributed by atoms with Crippen molar-refractivity contribution in [2.24, 2.45) is 4.99 Å². The average molecular weight is 333 g/mol. The third-order valence-corrected chi connectivity index (χ3v) is 3.35. The average Bonchev–Trinajstić information content (AvgIpc) is 2.63. The Morgan fingerprint density at radius 2 is 2.00 bits per heavy atom. The second-order valence-electron chi connectivity index (χ2n) is 3.39. The summed E-state index contributed by atoms with van der Waals surface area (Å²) in [6.45, 7) is 3.80. The molecule has 1 aromatic carbocycles. The van der Waals surface area contributed by atoms with E-state index in [2.05, 4.69) is 66.5 Å². The minimum Gasteiger partial charge on any atom is -0.354 e. The fraction of sp³-hybridized carbons (Fsp3) is 0.300. The quantitative estimate of drug-likeness (QED) is 0.829. The third-order valence-electron chi connectivity index (χ3n) is 2.10. The SMILES string of the molecule is Cc1cc(Br)c(NC2=NCCN2)c(Br)c1. The predicted octanol–water partition coefficient (Wildman–Crippen LogP) is 2.89.